The van der Waals surface area contributed by atoms with Gasteiger partial charge in [-0.15, -0.1) is 0 Å². The van der Waals surface area contributed by atoms with Crippen molar-refractivity contribution in [2.75, 3.05) is 24.6 Å². The summed E-state index contributed by atoms with van der Waals surface area (Å²) in [6.07, 6.45) is 3.65. The topological polar surface area (TPSA) is 75.3 Å². The highest BCUT2D eigenvalue weighted by molar-refractivity contribution is 7.91. The van der Waals surface area contributed by atoms with Crippen LogP contribution in [0, 0.1) is 5.92 Å². The van der Waals surface area contributed by atoms with Crippen LogP contribution in [-0.2, 0) is 14.6 Å². The van der Waals surface area contributed by atoms with E-state index < -0.39 is 9.84 Å². The lowest BCUT2D eigenvalue weighted by atomic mass is 10.1. The molecule has 98 valence electrons. The van der Waals surface area contributed by atoms with Crippen LogP contribution in [0.25, 0.3) is 0 Å². The number of carbonyl (C=O) groups excluding carboxylic acids is 1. The van der Waals surface area contributed by atoms with E-state index in [-0.39, 0.29) is 23.6 Å². The molecule has 2 rings (SSSR count). The van der Waals surface area contributed by atoms with Crippen molar-refractivity contribution in [3.63, 3.8) is 0 Å². The first-order valence-corrected chi connectivity index (χ1v) is 8.10. The number of hydrogen-bond donors (Lipinski definition) is 2. The van der Waals surface area contributed by atoms with Crippen LogP contribution in [0.1, 0.15) is 25.7 Å². The van der Waals surface area contributed by atoms with Crippen LogP contribution in [-0.4, -0.2) is 45.0 Å². The molecular formula is C11H20N2O3S. The lowest BCUT2D eigenvalue weighted by molar-refractivity contribution is -0.122. The Bertz CT molecular complexity index is 380. The van der Waals surface area contributed by atoms with Crippen LogP contribution in [0.4, 0.5) is 0 Å². The second-order valence-electron chi connectivity index (χ2n) is 5.02. The highest BCUT2D eigenvalue weighted by Gasteiger charge is 2.29. The molecule has 2 fully saturated rings. The molecule has 1 amide bonds. The molecule has 0 aliphatic carbocycles. The lowest BCUT2D eigenvalue weighted by Gasteiger charge is -2.17. The third kappa shape index (κ3) is 3.67. The van der Waals surface area contributed by atoms with Crippen LogP contribution in [0.15, 0.2) is 0 Å². The molecule has 6 heteroatoms. The molecule has 2 N–H and O–H groups in total. The molecule has 2 atom stereocenters. The maximum atomic E-state index is 11.7. The van der Waals surface area contributed by atoms with Gasteiger partial charge >= 0.3 is 0 Å². The summed E-state index contributed by atoms with van der Waals surface area (Å²) in [6.45, 7) is 1.39. The third-order valence-corrected chi connectivity index (χ3v) is 5.35. The first kappa shape index (κ1) is 12.8. The summed E-state index contributed by atoms with van der Waals surface area (Å²) in [4.78, 5) is 11.7. The Morgan fingerprint density at radius 3 is 2.82 bits per heavy atom. The van der Waals surface area contributed by atoms with Gasteiger partial charge in [-0.05, 0) is 38.1 Å². The van der Waals surface area contributed by atoms with Crippen molar-refractivity contribution in [2.45, 2.75) is 31.7 Å². The standard InChI is InChI=1S/C11H20N2O3S/c14-11-10(3-1-2-5-12-11)13-7-9-4-6-17(15,16)8-9/h9-10,13H,1-8H2,(H,12,14). The van der Waals surface area contributed by atoms with E-state index in [1.165, 1.54) is 0 Å². The van der Waals surface area contributed by atoms with Crippen molar-refractivity contribution >= 4 is 15.7 Å². The number of hydrogen-bond acceptors (Lipinski definition) is 4. The zero-order valence-electron chi connectivity index (χ0n) is 9.94. The van der Waals surface area contributed by atoms with Gasteiger partial charge in [0, 0.05) is 6.54 Å². The van der Waals surface area contributed by atoms with E-state index in [2.05, 4.69) is 10.6 Å². The molecule has 5 nitrogen and oxygen atoms in total. The molecule has 2 aliphatic rings. The van der Waals surface area contributed by atoms with Crippen molar-refractivity contribution < 1.29 is 13.2 Å². The SMILES string of the molecule is O=C1NCCCCC1NCC1CCS(=O)(=O)C1. The summed E-state index contributed by atoms with van der Waals surface area (Å²) in [5.41, 5.74) is 0. The van der Waals surface area contributed by atoms with Crippen molar-refractivity contribution in [3.05, 3.63) is 0 Å². The first-order chi connectivity index (χ1) is 8.07. The predicted molar refractivity (Wildman–Crippen MR) is 65.4 cm³/mol. The summed E-state index contributed by atoms with van der Waals surface area (Å²) >= 11 is 0. The van der Waals surface area contributed by atoms with Gasteiger partial charge in [0.15, 0.2) is 9.84 Å². The van der Waals surface area contributed by atoms with E-state index in [9.17, 15) is 13.2 Å². The largest absolute Gasteiger partial charge is 0.355 e. The van der Waals surface area contributed by atoms with E-state index in [1.807, 2.05) is 0 Å². The zero-order valence-corrected chi connectivity index (χ0v) is 10.8. The molecule has 2 aliphatic heterocycles. The molecule has 0 radical (unpaired) electrons. The minimum atomic E-state index is -2.81. The van der Waals surface area contributed by atoms with Crippen LogP contribution >= 0.6 is 0 Å². The highest BCUT2D eigenvalue weighted by Crippen LogP contribution is 2.18. The number of sulfone groups is 1. The maximum absolute atomic E-state index is 11.7. The average Bonchev–Trinajstić information content (AvgIpc) is 2.48. The third-order valence-electron chi connectivity index (χ3n) is 3.51. The lowest BCUT2D eigenvalue weighted by Crippen LogP contribution is -2.44. The van der Waals surface area contributed by atoms with Crippen molar-refractivity contribution in [3.8, 4) is 0 Å². The molecule has 0 aromatic carbocycles. The van der Waals surface area contributed by atoms with Gasteiger partial charge < -0.3 is 10.6 Å². The smallest absolute Gasteiger partial charge is 0.237 e. The average molecular weight is 260 g/mol. The van der Waals surface area contributed by atoms with Gasteiger partial charge in [0.25, 0.3) is 0 Å². The van der Waals surface area contributed by atoms with Crippen LogP contribution in [0.5, 0.6) is 0 Å². The van der Waals surface area contributed by atoms with Gasteiger partial charge in [-0.2, -0.15) is 0 Å². The Hall–Kier alpha value is -0.620. The number of carbonyl (C=O) groups is 1. The van der Waals surface area contributed by atoms with Crippen molar-refractivity contribution in [1.29, 1.82) is 0 Å². The number of rotatable bonds is 3. The number of amides is 1. The van der Waals surface area contributed by atoms with Gasteiger partial charge in [0.2, 0.25) is 5.91 Å². The molecular weight excluding hydrogens is 240 g/mol. The fourth-order valence-corrected chi connectivity index (χ4v) is 4.34. The van der Waals surface area contributed by atoms with E-state index in [0.717, 1.165) is 32.2 Å². The van der Waals surface area contributed by atoms with Crippen molar-refractivity contribution in [1.82, 2.24) is 10.6 Å². The molecule has 2 heterocycles. The monoisotopic (exact) mass is 260 g/mol. The zero-order chi connectivity index (χ0) is 12.3. The minimum absolute atomic E-state index is 0.0587. The van der Waals surface area contributed by atoms with Gasteiger partial charge in [-0.3, -0.25) is 4.79 Å². The van der Waals surface area contributed by atoms with Gasteiger partial charge in [-0.1, -0.05) is 0 Å². The normalized spacial score (nSPS) is 33.1. The Morgan fingerprint density at radius 1 is 1.29 bits per heavy atom. The Kier molecular flexibility index (Phi) is 4.04. The first-order valence-electron chi connectivity index (χ1n) is 6.28. The molecule has 17 heavy (non-hydrogen) atoms. The molecule has 0 bridgehead atoms. The van der Waals surface area contributed by atoms with E-state index in [1.54, 1.807) is 0 Å². The van der Waals surface area contributed by atoms with Gasteiger partial charge in [0.05, 0.1) is 17.5 Å². The highest BCUT2D eigenvalue weighted by atomic mass is 32.2. The summed E-state index contributed by atoms with van der Waals surface area (Å²) in [5.74, 6) is 0.810. The quantitative estimate of drug-likeness (QED) is 0.729. The minimum Gasteiger partial charge on any atom is -0.355 e. The van der Waals surface area contributed by atoms with E-state index >= 15 is 0 Å². The fourth-order valence-electron chi connectivity index (χ4n) is 2.48. The van der Waals surface area contributed by atoms with E-state index in [4.69, 9.17) is 0 Å². The molecule has 0 aromatic heterocycles. The second kappa shape index (κ2) is 5.35. The molecule has 2 unspecified atom stereocenters. The molecule has 0 saturated carbocycles. The van der Waals surface area contributed by atoms with Crippen LogP contribution in [0.2, 0.25) is 0 Å². The van der Waals surface area contributed by atoms with Gasteiger partial charge in [0.1, 0.15) is 0 Å². The van der Waals surface area contributed by atoms with Gasteiger partial charge in [-0.25, -0.2) is 8.42 Å². The van der Waals surface area contributed by atoms with Crippen molar-refractivity contribution in [2.24, 2.45) is 5.92 Å². The Labute approximate surface area is 102 Å². The Balaban J connectivity index is 1.79. The predicted octanol–water partition coefficient (Wildman–Crippen LogP) is -0.321. The summed E-state index contributed by atoms with van der Waals surface area (Å²) < 4.78 is 22.6. The fraction of sp³-hybridized carbons (Fsp3) is 0.909. The van der Waals surface area contributed by atoms with E-state index in [0.29, 0.717) is 12.3 Å². The second-order valence-corrected chi connectivity index (χ2v) is 7.25. The molecule has 0 aromatic rings. The van der Waals surface area contributed by atoms with Crippen LogP contribution in [0.3, 0.4) is 0 Å². The Morgan fingerprint density at radius 2 is 2.12 bits per heavy atom. The molecule has 0 spiro atoms. The summed E-state index contributed by atoms with van der Waals surface area (Å²) in [7, 11) is -2.81. The van der Waals surface area contributed by atoms with Crippen LogP contribution < -0.4 is 10.6 Å². The molecule has 2 saturated heterocycles. The maximum Gasteiger partial charge on any atom is 0.237 e. The summed E-state index contributed by atoms with van der Waals surface area (Å²) in [6, 6.07) is -0.138. The summed E-state index contributed by atoms with van der Waals surface area (Å²) in [5, 5.41) is 6.08. The number of nitrogens with one attached hydrogen (secondary N) is 2.